The Morgan fingerprint density at radius 2 is 2.25 bits per heavy atom. The van der Waals surface area contributed by atoms with E-state index in [2.05, 4.69) is 5.32 Å². The average molecular weight is 298 g/mol. The van der Waals surface area contributed by atoms with Crippen LogP contribution < -0.4 is 15.8 Å². The third kappa shape index (κ3) is 3.43. The van der Waals surface area contributed by atoms with Crippen molar-refractivity contribution in [3.8, 4) is 5.75 Å². The average Bonchev–Trinajstić information content (AvgIpc) is 3.23. The molecule has 0 atom stereocenters. The number of ether oxygens (including phenoxy) is 2. The van der Waals surface area contributed by atoms with Crippen molar-refractivity contribution >= 4 is 27.8 Å². The highest BCUT2D eigenvalue weighted by Gasteiger charge is 2.34. The fraction of sp³-hybridized carbons (Fsp3) is 0.643. The van der Waals surface area contributed by atoms with Gasteiger partial charge in [0.1, 0.15) is 5.00 Å². The fourth-order valence-electron chi connectivity index (χ4n) is 1.98. The van der Waals surface area contributed by atoms with Crippen LogP contribution in [0, 0.1) is 5.92 Å². The van der Waals surface area contributed by atoms with E-state index in [0.29, 0.717) is 16.3 Å². The zero-order chi connectivity index (χ0) is 14.5. The van der Waals surface area contributed by atoms with Gasteiger partial charge in [-0.2, -0.15) is 0 Å². The molecule has 0 spiro atoms. The van der Waals surface area contributed by atoms with E-state index in [1.54, 1.807) is 7.11 Å². The van der Waals surface area contributed by atoms with Crippen LogP contribution in [0.3, 0.4) is 0 Å². The zero-order valence-corrected chi connectivity index (χ0v) is 12.8. The van der Waals surface area contributed by atoms with Crippen LogP contribution in [0.25, 0.3) is 0 Å². The van der Waals surface area contributed by atoms with E-state index >= 15 is 0 Å². The van der Waals surface area contributed by atoms with Crippen molar-refractivity contribution in [2.75, 3.05) is 37.9 Å². The third-order valence-corrected chi connectivity index (χ3v) is 4.39. The second-order valence-electron chi connectivity index (χ2n) is 4.82. The first-order chi connectivity index (χ1) is 9.69. The summed E-state index contributed by atoms with van der Waals surface area (Å²) < 4.78 is 10.6. The molecule has 6 heteroatoms. The van der Waals surface area contributed by atoms with Crippen LogP contribution in [0.5, 0.6) is 5.75 Å². The highest BCUT2D eigenvalue weighted by molar-refractivity contribution is 7.19. The summed E-state index contributed by atoms with van der Waals surface area (Å²) in [6, 6.07) is 0. The minimum atomic E-state index is 0.160. The lowest BCUT2D eigenvalue weighted by molar-refractivity contribution is 0.0972. The first-order valence-corrected chi connectivity index (χ1v) is 7.82. The van der Waals surface area contributed by atoms with Crippen molar-refractivity contribution in [1.82, 2.24) is 0 Å². The van der Waals surface area contributed by atoms with Crippen molar-refractivity contribution in [2.45, 2.75) is 26.2 Å². The van der Waals surface area contributed by atoms with Gasteiger partial charge in [0.15, 0.2) is 11.5 Å². The summed E-state index contributed by atoms with van der Waals surface area (Å²) in [5, 5.41) is 4.12. The van der Waals surface area contributed by atoms with Gasteiger partial charge in [-0.15, -0.1) is 11.3 Å². The quantitative estimate of drug-likeness (QED) is 0.542. The topological polar surface area (TPSA) is 73.6 Å². The molecule has 5 nitrogen and oxygen atoms in total. The van der Waals surface area contributed by atoms with Crippen molar-refractivity contribution < 1.29 is 14.3 Å². The highest BCUT2D eigenvalue weighted by atomic mass is 32.1. The number of nitrogens with one attached hydrogen (secondary N) is 1. The van der Waals surface area contributed by atoms with Gasteiger partial charge in [0.25, 0.3) is 0 Å². The third-order valence-electron chi connectivity index (χ3n) is 3.23. The number of rotatable bonds is 9. The van der Waals surface area contributed by atoms with E-state index < -0.39 is 0 Å². The van der Waals surface area contributed by atoms with Crippen LogP contribution in [-0.4, -0.2) is 32.7 Å². The Kier molecular flexibility index (Phi) is 5.25. The summed E-state index contributed by atoms with van der Waals surface area (Å²) in [5.41, 5.74) is 6.51. The fourth-order valence-corrected chi connectivity index (χ4v) is 3.12. The van der Waals surface area contributed by atoms with Gasteiger partial charge in [0.05, 0.1) is 17.7 Å². The number of nitrogen functional groups attached to an aromatic ring is 1. The smallest absolute Gasteiger partial charge is 0.178 e. The Morgan fingerprint density at radius 1 is 1.50 bits per heavy atom. The monoisotopic (exact) mass is 298 g/mol. The van der Waals surface area contributed by atoms with Crippen LogP contribution in [-0.2, 0) is 4.74 Å². The van der Waals surface area contributed by atoms with Gasteiger partial charge in [0, 0.05) is 25.7 Å². The molecule has 0 bridgehead atoms. The lowest BCUT2D eigenvalue weighted by atomic mass is 10.2. The molecular formula is C14H22N2O3S. The normalized spacial score (nSPS) is 14.3. The molecule has 1 aliphatic rings. The van der Waals surface area contributed by atoms with Crippen LogP contribution in [0.2, 0.25) is 0 Å². The van der Waals surface area contributed by atoms with Gasteiger partial charge in [-0.05, 0) is 26.2 Å². The molecule has 0 saturated heterocycles. The summed E-state index contributed by atoms with van der Waals surface area (Å²) in [7, 11) is 1.58. The van der Waals surface area contributed by atoms with E-state index in [1.807, 2.05) is 6.92 Å². The van der Waals surface area contributed by atoms with Crippen LogP contribution in [0.1, 0.15) is 35.9 Å². The van der Waals surface area contributed by atoms with Gasteiger partial charge in [-0.3, -0.25) is 4.79 Å². The minimum Gasteiger partial charge on any atom is -0.492 e. The minimum absolute atomic E-state index is 0.160. The van der Waals surface area contributed by atoms with Crippen molar-refractivity contribution in [2.24, 2.45) is 5.92 Å². The molecule has 1 saturated carbocycles. The van der Waals surface area contributed by atoms with Crippen LogP contribution in [0.4, 0.5) is 10.7 Å². The molecule has 0 unspecified atom stereocenters. The SMILES string of the molecule is CCOCCCNc1sc(C(=O)C2CC2)c(N)c1OC. The molecule has 3 N–H and O–H groups in total. The second kappa shape index (κ2) is 6.95. The summed E-state index contributed by atoms with van der Waals surface area (Å²) in [5.74, 6) is 0.926. The number of hydrogen-bond donors (Lipinski definition) is 2. The van der Waals surface area contributed by atoms with Crippen LogP contribution >= 0.6 is 11.3 Å². The Bertz CT molecular complexity index is 469. The Labute approximate surface area is 123 Å². The number of anilines is 2. The summed E-state index contributed by atoms with van der Waals surface area (Å²) >= 11 is 1.40. The summed E-state index contributed by atoms with van der Waals surface area (Å²) in [6.45, 7) is 4.20. The number of carbonyl (C=O) groups is 1. The van der Waals surface area contributed by atoms with Gasteiger partial charge in [0.2, 0.25) is 0 Å². The number of ketones is 1. The molecule has 1 aromatic heterocycles. The number of nitrogens with two attached hydrogens (primary N) is 1. The van der Waals surface area contributed by atoms with E-state index in [1.165, 1.54) is 11.3 Å². The molecule has 0 aromatic carbocycles. The predicted molar refractivity (Wildman–Crippen MR) is 81.9 cm³/mol. The molecule has 1 aromatic rings. The molecule has 0 radical (unpaired) electrons. The van der Waals surface area contributed by atoms with Gasteiger partial charge < -0.3 is 20.5 Å². The van der Waals surface area contributed by atoms with Crippen molar-refractivity contribution in [3.63, 3.8) is 0 Å². The number of Topliss-reactive ketones (excluding diaryl/α,β-unsaturated/α-hetero) is 1. The first-order valence-electron chi connectivity index (χ1n) is 7.01. The van der Waals surface area contributed by atoms with Crippen LogP contribution in [0.15, 0.2) is 0 Å². The second-order valence-corrected chi connectivity index (χ2v) is 5.84. The molecule has 1 aliphatic carbocycles. The highest BCUT2D eigenvalue weighted by Crippen LogP contribution is 2.45. The van der Waals surface area contributed by atoms with E-state index in [0.717, 1.165) is 44.0 Å². The Balaban J connectivity index is 2.00. The maximum Gasteiger partial charge on any atom is 0.178 e. The largest absolute Gasteiger partial charge is 0.492 e. The zero-order valence-electron chi connectivity index (χ0n) is 12.0. The van der Waals surface area contributed by atoms with Crippen molar-refractivity contribution in [1.29, 1.82) is 0 Å². The maximum atomic E-state index is 12.2. The number of hydrogen-bond acceptors (Lipinski definition) is 6. The van der Waals surface area contributed by atoms with E-state index in [4.69, 9.17) is 15.2 Å². The van der Waals surface area contributed by atoms with Crippen molar-refractivity contribution in [3.05, 3.63) is 4.88 Å². The molecule has 2 rings (SSSR count). The molecule has 20 heavy (non-hydrogen) atoms. The number of carbonyl (C=O) groups excluding carboxylic acids is 1. The predicted octanol–water partition coefficient (Wildman–Crippen LogP) is 2.77. The maximum absolute atomic E-state index is 12.2. The Morgan fingerprint density at radius 3 is 2.85 bits per heavy atom. The number of thiophene rings is 1. The van der Waals surface area contributed by atoms with Gasteiger partial charge >= 0.3 is 0 Å². The van der Waals surface area contributed by atoms with E-state index in [9.17, 15) is 4.79 Å². The van der Waals surface area contributed by atoms with Gasteiger partial charge in [-0.25, -0.2) is 0 Å². The molecular weight excluding hydrogens is 276 g/mol. The molecule has 1 fully saturated rings. The molecule has 112 valence electrons. The summed E-state index contributed by atoms with van der Waals surface area (Å²) in [4.78, 5) is 12.8. The van der Waals surface area contributed by atoms with E-state index in [-0.39, 0.29) is 11.7 Å². The lowest BCUT2D eigenvalue weighted by Gasteiger charge is -2.06. The number of methoxy groups -OCH3 is 1. The Hall–Kier alpha value is -1.27. The van der Waals surface area contributed by atoms with Gasteiger partial charge in [-0.1, -0.05) is 0 Å². The molecule has 0 amide bonds. The molecule has 0 aliphatic heterocycles. The first kappa shape index (κ1) is 15.1. The lowest BCUT2D eigenvalue weighted by Crippen LogP contribution is -2.05. The molecule has 1 heterocycles. The summed E-state index contributed by atoms with van der Waals surface area (Å²) in [6.07, 6.45) is 2.87. The standard InChI is InChI=1S/C14H22N2O3S/c1-3-19-8-4-7-16-14-12(18-2)10(15)13(20-14)11(17)9-5-6-9/h9,16H,3-8,15H2,1-2H3.